The standard InChI is InChI=1S/C16H19NO2/c18-16(12-17-8-10-19-11-9-17)15-7-3-5-13-4-1-2-6-14(13)15/h1-7,16,18H,8-12H2/t16-/m1/s1. The van der Waals surface area contributed by atoms with E-state index in [1.165, 1.54) is 5.39 Å². The van der Waals surface area contributed by atoms with Crippen molar-refractivity contribution in [3.05, 3.63) is 48.0 Å². The number of hydrogen-bond donors (Lipinski definition) is 1. The molecule has 0 unspecified atom stereocenters. The summed E-state index contributed by atoms with van der Waals surface area (Å²) in [6.45, 7) is 4.02. The number of fused-ring (bicyclic) bond motifs is 1. The van der Waals surface area contributed by atoms with Gasteiger partial charge in [0.25, 0.3) is 0 Å². The summed E-state index contributed by atoms with van der Waals surface area (Å²) in [6.07, 6.45) is -0.441. The summed E-state index contributed by atoms with van der Waals surface area (Å²) in [5, 5.41) is 12.8. The zero-order valence-corrected chi connectivity index (χ0v) is 11.0. The molecule has 3 nitrogen and oxygen atoms in total. The van der Waals surface area contributed by atoms with Gasteiger partial charge >= 0.3 is 0 Å². The van der Waals surface area contributed by atoms with E-state index in [4.69, 9.17) is 4.74 Å². The molecule has 0 saturated carbocycles. The summed E-state index contributed by atoms with van der Waals surface area (Å²) in [7, 11) is 0. The second kappa shape index (κ2) is 5.70. The lowest BCUT2D eigenvalue weighted by Gasteiger charge is -2.29. The monoisotopic (exact) mass is 257 g/mol. The van der Waals surface area contributed by atoms with Crippen LogP contribution in [-0.4, -0.2) is 42.9 Å². The third-order valence-electron chi connectivity index (χ3n) is 3.72. The molecule has 1 N–H and O–H groups in total. The molecule has 3 rings (SSSR count). The number of aliphatic hydroxyl groups excluding tert-OH is 1. The third kappa shape index (κ3) is 2.78. The second-order valence-corrected chi connectivity index (χ2v) is 5.00. The van der Waals surface area contributed by atoms with E-state index in [-0.39, 0.29) is 0 Å². The fraction of sp³-hybridized carbons (Fsp3) is 0.375. The lowest BCUT2D eigenvalue weighted by atomic mass is 10.00. The largest absolute Gasteiger partial charge is 0.387 e. The van der Waals surface area contributed by atoms with Gasteiger partial charge in [0.15, 0.2) is 0 Å². The van der Waals surface area contributed by atoms with E-state index >= 15 is 0 Å². The summed E-state index contributed by atoms with van der Waals surface area (Å²) in [4.78, 5) is 2.26. The van der Waals surface area contributed by atoms with Crippen molar-refractivity contribution in [2.75, 3.05) is 32.8 Å². The zero-order valence-electron chi connectivity index (χ0n) is 11.0. The van der Waals surface area contributed by atoms with Crippen molar-refractivity contribution in [1.29, 1.82) is 0 Å². The van der Waals surface area contributed by atoms with Gasteiger partial charge in [-0.25, -0.2) is 0 Å². The van der Waals surface area contributed by atoms with Crippen LogP contribution in [0.15, 0.2) is 42.5 Å². The maximum absolute atomic E-state index is 10.5. The van der Waals surface area contributed by atoms with E-state index in [9.17, 15) is 5.11 Å². The minimum absolute atomic E-state index is 0.441. The fourth-order valence-electron chi connectivity index (χ4n) is 2.67. The van der Waals surface area contributed by atoms with Gasteiger partial charge in [0, 0.05) is 19.6 Å². The molecule has 2 aromatic rings. The zero-order chi connectivity index (χ0) is 13.1. The Hall–Kier alpha value is -1.42. The number of nitrogens with zero attached hydrogens (tertiary/aromatic N) is 1. The molecule has 2 aromatic carbocycles. The van der Waals surface area contributed by atoms with Crippen molar-refractivity contribution in [3.63, 3.8) is 0 Å². The number of aliphatic hydroxyl groups is 1. The Balaban J connectivity index is 1.82. The number of hydrogen-bond acceptors (Lipinski definition) is 3. The van der Waals surface area contributed by atoms with Crippen molar-refractivity contribution in [3.8, 4) is 0 Å². The van der Waals surface area contributed by atoms with Gasteiger partial charge in [-0.3, -0.25) is 4.90 Å². The molecule has 1 aliphatic rings. The highest BCUT2D eigenvalue weighted by atomic mass is 16.5. The molecule has 0 radical (unpaired) electrons. The van der Waals surface area contributed by atoms with Crippen LogP contribution in [0.3, 0.4) is 0 Å². The lowest BCUT2D eigenvalue weighted by Crippen LogP contribution is -2.38. The first-order chi connectivity index (χ1) is 9.34. The molecule has 3 heteroatoms. The van der Waals surface area contributed by atoms with E-state index in [1.807, 2.05) is 24.3 Å². The summed E-state index contributed by atoms with van der Waals surface area (Å²) in [5.41, 5.74) is 1.02. The van der Waals surface area contributed by atoms with Crippen molar-refractivity contribution < 1.29 is 9.84 Å². The first-order valence-electron chi connectivity index (χ1n) is 6.80. The van der Waals surface area contributed by atoms with E-state index < -0.39 is 6.10 Å². The number of benzene rings is 2. The summed E-state index contributed by atoms with van der Waals surface area (Å²) in [6, 6.07) is 14.3. The van der Waals surface area contributed by atoms with Gasteiger partial charge in [0.05, 0.1) is 19.3 Å². The van der Waals surface area contributed by atoms with Crippen LogP contribution in [0.25, 0.3) is 10.8 Å². The number of ether oxygens (including phenoxy) is 1. The number of β-amino-alcohol motifs (C(OH)–C–C–N with tert-alkyl or cyclic N) is 1. The summed E-state index contributed by atoms with van der Waals surface area (Å²) >= 11 is 0. The highest BCUT2D eigenvalue weighted by molar-refractivity contribution is 5.85. The van der Waals surface area contributed by atoms with Crippen LogP contribution >= 0.6 is 0 Å². The van der Waals surface area contributed by atoms with Crippen LogP contribution in [0.4, 0.5) is 0 Å². The topological polar surface area (TPSA) is 32.7 Å². The van der Waals surface area contributed by atoms with Crippen LogP contribution in [0, 0.1) is 0 Å². The fourth-order valence-corrected chi connectivity index (χ4v) is 2.67. The maximum atomic E-state index is 10.5. The molecule has 19 heavy (non-hydrogen) atoms. The predicted octanol–water partition coefficient (Wildman–Crippen LogP) is 2.21. The Morgan fingerprint density at radius 1 is 1.05 bits per heavy atom. The molecule has 0 aromatic heterocycles. The molecule has 1 aliphatic heterocycles. The van der Waals surface area contributed by atoms with Crippen molar-refractivity contribution in [2.45, 2.75) is 6.10 Å². The molecule has 0 amide bonds. The highest BCUT2D eigenvalue weighted by Gasteiger charge is 2.17. The minimum atomic E-state index is -0.441. The first kappa shape index (κ1) is 12.6. The van der Waals surface area contributed by atoms with Gasteiger partial charge < -0.3 is 9.84 Å². The van der Waals surface area contributed by atoms with Gasteiger partial charge in [-0.15, -0.1) is 0 Å². The van der Waals surface area contributed by atoms with Crippen molar-refractivity contribution >= 4 is 10.8 Å². The van der Waals surface area contributed by atoms with E-state index in [0.717, 1.165) is 37.3 Å². The Morgan fingerprint density at radius 3 is 2.63 bits per heavy atom. The molecular weight excluding hydrogens is 238 g/mol. The highest BCUT2D eigenvalue weighted by Crippen LogP contribution is 2.25. The predicted molar refractivity (Wildman–Crippen MR) is 76.2 cm³/mol. The van der Waals surface area contributed by atoms with Crippen LogP contribution in [0.5, 0.6) is 0 Å². The minimum Gasteiger partial charge on any atom is -0.387 e. The average molecular weight is 257 g/mol. The second-order valence-electron chi connectivity index (χ2n) is 5.00. The number of rotatable bonds is 3. The maximum Gasteiger partial charge on any atom is 0.0922 e. The van der Waals surface area contributed by atoms with Crippen LogP contribution in [-0.2, 0) is 4.74 Å². The first-order valence-corrected chi connectivity index (χ1v) is 6.80. The summed E-state index contributed by atoms with van der Waals surface area (Å²) in [5.74, 6) is 0. The van der Waals surface area contributed by atoms with Crippen LogP contribution in [0.2, 0.25) is 0 Å². The molecule has 1 saturated heterocycles. The van der Waals surface area contributed by atoms with Crippen LogP contribution in [0.1, 0.15) is 11.7 Å². The molecule has 0 spiro atoms. The van der Waals surface area contributed by atoms with Crippen LogP contribution < -0.4 is 0 Å². The SMILES string of the molecule is O[C@H](CN1CCOCC1)c1cccc2ccccc12. The molecule has 1 heterocycles. The molecule has 1 atom stereocenters. The van der Waals surface area contributed by atoms with Crippen molar-refractivity contribution in [1.82, 2.24) is 4.90 Å². The van der Waals surface area contributed by atoms with Gasteiger partial charge in [0.1, 0.15) is 0 Å². The molecule has 0 aliphatic carbocycles. The summed E-state index contributed by atoms with van der Waals surface area (Å²) < 4.78 is 5.33. The number of morpholine rings is 1. The Bertz CT molecular complexity index is 544. The quantitative estimate of drug-likeness (QED) is 0.915. The Morgan fingerprint density at radius 2 is 1.79 bits per heavy atom. The molecule has 0 bridgehead atoms. The Labute approximate surface area is 113 Å². The lowest BCUT2D eigenvalue weighted by molar-refractivity contribution is 0.0146. The van der Waals surface area contributed by atoms with E-state index in [2.05, 4.69) is 23.1 Å². The third-order valence-corrected chi connectivity index (χ3v) is 3.72. The van der Waals surface area contributed by atoms with Gasteiger partial charge in [0.2, 0.25) is 0 Å². The molecule has 1 fully saturated rings. The van der Waals surface area contributed by atoms with Gasteiger partial charge in [-0.05, 0) is 16.3 Å². The van der Waals surface area contributed by atoms with E-state index in [0.29, 0.717) is 6.54 Å². The average Bonchev–Trinajstić information content (AvgIpc) is 2.47. The van der Waals surface area contributed by atoms with Crippen molar-refractivity contribution in [2.24, 2.45) is 0 Å². The normalized spacial score (nSPS) is 18.6. The molecule has 100 valence electrons. The van der Waals surface area contributed by atoms with Gasteiger partial charge in [-0.1, -0.05) is 42.5 Å². The Kier molecular flexibility index (Phi) is 3.78. The molecular formula is C16H19NO2. The van der Waals surface area contributed by atoms with E-state index in [1.54, 1.807) is 0 Å². The van der Waals surface area contributed by atoms with Gasteiger partial charge in [-0.2, -0.15) is 0 Å². The smallest absolute Gasteiger partial charge is 0.0922 e.